The molecule has 0 radical (unpaired) electrons. The van der Waals surface area contributed by atoms with Crippen molar-refractivity contribution < 1.29 is 34.2 Å². The first-order chi connectivity index (χ1) is 12.1. The summed E-state index contributed by atoms with van der Waals surface area (Å²) >= 11 is 1.33. The summed E-state index contributed by atoms with van der Waals surface area (Å²) in [4.78, 5) is 53.0. The van der Waals surface area contributed by atoms with Crippen LogP contribution in [-0.2, 0) is 19.2 Å². The van der Waals surface area contributed by atoms with Crippen LogP contribution < -0.4 is 21.7 Å². The Morgan fingerprint density at radius 1 is 1.04 bits per heavy atom. The third kappa shape index (κ3) is 18.0. The van der Waals surface area contributed by atoms with E-state index < -0.39 is 43.0 Å². The molecule has 26 heavy (non-hydrogen) atoms. The molecule has 0 bridgehead atoms. The average Bonchev–Trinajstić information content (AvgIpc) is 2.60. The molecule has 0 fully saturated rings. The number of unbranched alkanes of at least 4 members (excludes halogenated alkanes) is 1. The normalized spacial score (nSPS) is 10.6. The maximum atomic E-state index is 11.0. The van der Waals surface area contributed by atoms with Crippen molar-refractivity contribution in [2.75, 3.05) is 25.9 Å². The third-order valence-electron chi connectivity index (χ3n) is 2.61. The van der Waals surface area contributed by atoms with E-state index in [1.165, 1.54) is 11.8 Å². The number of thioether (sulfide) groups is 1. The van der Waals surface area contributed by atoms with Crippen molar-refractivity contribution in [2.24, 2.45) is 5.73 Å². The number of hydrogen-bond acceptors (Lipinski definition) is 7. The summed E-state index contributed by atoms with van der Waals surface area (Å²) in [7, 11) is 0. The summed E-state index contributed by atoms with van der Waals surface area (Å²) in [6.07, 6.45) is 4.74. The lowest BCUT2D eigenvalue weighted by Crippen LogP contribution is -2.48. The average molecular weight is 394 g/mol. The summed E-state index contributed by atoms with van der Waals surface area (Å²) in [5, 5.41) is 23.2. The van der Waals surface area contributed by atoms with Gasteiger partial charge in [0.15, 0.2) is 5.12 Å². The lowest BCUT2D eigenvalue weighted by atomic mass is 10.3. The van der Waals surface area contributed by atoms with Crippen molar-refractivity contribution in [3.8, 4) is 0 Å². The standard InChI is InChI=1S/C8H14N4O6.C6H12OS/c9-4(7(16)17)1-11-8(18)12-2-5(13)10-3-6(14)15;1-3-4-5-6(7)8-2/h4H,1-3,9H2,(H,10,13)(H,14,15)(H,16,17)(H2,11,12,18);3-5H2,1-2H3. The van der Waals surface area contributed by atoms with Gasteiger partial charge in [-0.05, 0) is 12.7 Å². The Balaban J connectivity index is 0. The van der Waals surface area contributed by atoms with E-state index in [-0.39, 0.29) is 6.54 Å². The SMILES string of the molecule is CCCCC(=O)SC.NC(CNC(=O)NCC(=O)NCC(=O)O)C(=O)O. The number of carboxylic acid groups (broad SMARTS) is 2. The molecule has 0 aliphatic carbocycles. The molecule has 3 amide bonds. The molecule has 0 saturated heterocycles. The Bertz CT molecular complexity index is 488. The highest BCUT2D eigenvalue weighted by Gasteiger charge is 2.12. The molecular weight excluding hydrogens is 368 g/mol. The van der Waals surface area contributed by atoms with Gasteiger partial charge in [0, 0.05) is 13.0 Å². The Morgan fingerprint density at radius 2 is 1.65 bits per heavy atom. The predicted octanol–water partition coefficient (Wildman–Crippen LogP) is -1.04. The molecule has 7 N–H and O–H groups in total. The van der Waals surface area contributed by atoms with Gasteiger partial charge in [-0.25, -0.2) is 4.79 Å². The largest absolute Gasteiger partial charge is 0.480 e. The number of carboxylic acids is 2. The minimum absolute atomic E-state index is 0.294. The maximum absolute atomic E-state index is 11.0. The molecule has 150 valence electrons. The monoisotopic (exact) mass is 394 g/mol. The van der Waals surface area contributed by atoms with Crippen molar-refractivity contribution in [3.05, 3.63) is 0 Å². The second-order valence-corrected chi connectivity index (χ2v) is 5.72. The van der Waals surface area contributed by atoms with E-state index in [1.807, 2.05) is 11.6 Å². The Hall–Kier alpha value is -2.34. The van der Waals surface area contributed by atoms with Crippen molar-refractivity contribution in [1.82, 2.24) is 16.0 Å². The van der Waals surface area contributed by atoms with Crippen LogP contribution in [0.2, 0.25) is 0 Å². The first kappa shape index (κ1) is 25.9. The van der Waals surface area contributed by atoms with E-state index in [9.17, 15) is 24.0 Å². The molecule has 0 aromatic carbocycles. The highest BCUT2D eigenvalue weighted by Crippen LogP contribution is 2.03. The summed E-state index contributed by atoms with van der Waals surface area (Å²) in [5.74, 6) is -3.16. The highest BCUT2D eigenvalue weighted by molar-refractivity contribution is 8.13. The first-order valence-electron chi connectivity index (χ1n) is 7.69. The molecule has 12 heteroatoms. The van der Waals surface area contributed by atoms with Gasteiger partial charge in [-0.2, -0.15) is 0 Å². The van der Waals surface area contributed by atoms with Crippen LogP contribution >= 0.6 is 11.8 Å². The van der Waals surface area contributed by atoms with Crippen LogP contribution in [0.1, 0.15) is 26.2 Å². The van der Waals surface area contributed by atoms with E-state index in [0.717, 1.165) is 19.3 Å². The highest BCUT2D eigenvalue weighted by atomic mass is 32.2. The van der Waals surface area contributed by atoms with Crippen LogP contribution in [0.3, 0.4) is 0 Å². The van der Waals surface area contributed by atoms with Gasteiger partial charge in [0.05, 0.1) is 6.54 Å². The molecule has 0 spiro atoms. The van der Waals surface area contributed by atoms with Crippen LogP contribution in [0, 0.1) is 0 Å². The number of urea groups is 1. The maximum Gasteiger partial charge on any atom is 0.322 e. The second-order valence-electron chi connectivity index (χ2n) is 4.86. The summed E-state index contributed by atoms with van der Waals surface area (Å²) in [6.45, 7) is 0.818. The zero-order chi connectivity index (χ0) is 20.5. The molecule has 0 aromatic rings. The smallest absolute Gasteiger partial charge is 0.322 e. The van der Waals surface area contributed by atoms with E-state index in [0.29, 0.717) is 5.12 Å². The topological polar surface area (TPSA) is 188 Å². The fourth-order valence-electron chi connectivity index (χ4n) is 1.17. The molecule has 11 nitrogen and oxygen atoms in total. The zero-order valence-corrected chi connectivity index (χ0v) is 15.6. The number of nitrogens with one attached hydrogen (secondary N) is 3. The molecule has 0 rings (SSSR count). The van der Waals surface area contributed by atoms with Gasteiger partial charge >= 0.3 is 18.0 Å². The van der Waals surface area contributed by atoms with Crippen molar-refractivity contribution in [3.63, 3.8) is 0 Å². The lowest BCUT2D eigenvalue weighted by Gasteiger charge is -2.09. The zero-order valence-electron chi connectivity index (χ0n) is 14.7. The second kappa shape index (κ2) is 16.1. The fraction of sp³-hybridized carbons (Fsp3) is 0.643. The quantitative estimate of drug-likeness (QED) is 0.269. The van der Waals surface area contributed by atoms with Gasteiger partial charge < -0.3 is 31.9 Å². The van der Waals surface area contributed by atoms with E-state index in [2.05, 4.69) is 17.6 Å². The van der Waals surface area contributed by atoms with Crippen LogP contribution in [-0.4, -0.2) is 71.1 Å². The van der Waals surface area contributed by atoms with Crippen molar-refractivity contribution in [1.29, 1.82) is 0 Å². The first-order valence-corrected chi connectivity index (χ1v) is 8.91. The number of nitrogens with two attached hydrogens (primary N) is 1. The molecule has 0 heterocycles. The molecule has 0 aliphatic rings. The number of aliphatic carboxylic acids is 2. The molecule has 1 unspecified atom stereocenters. The van der Waals surface area contributed by atoms with Gasteiger partial charge in [0.1, 0.15) is 12.6 Å². The van der Waals surface area contributed by atoms with Crippen LogP contribution in [0.5, 0.6) is 0 Å². The molecule has 0 aliphatic heterocycles. The summed E-state index contributed by atoms with van der Waals surface area (Å²) in [6, 6.07) is -2.02. The van der Waals surface area contributed by atoms with Gasteiger partial charge in [0.2, 0.25) is 5.91 Å². The number of hydrogen-bond donors (Lipinski definition) is 6. The molecular formula is C14H26N4O7S. The minimum atomic E-state index is -1.27. The van der Waals surface area contributed by atoms with Gasteiger partial charge in [-0.15, -0.1) is 0 Å². The van der Waals surface area contributed by atoms with Crippen molar-refractivity contribution >= 4 is 40.8 Å². The van der Waals surface area contributed by atoms with Crippen LogP contribution in [0.4, 0.5) is 4.79 Å². The minimum Gasteiger partial charge on any atom is -0.480 e. The predicted molar refractivity (Wildman–Crippen MR) is 95.7 cm³/mol. The lowest BCUT2D eigenvalue weighted by molar-refractivity contribution is -0.138. The number of carbonyl (C=O) groups excluding carboxylic acids is 3. The Kier molecular flexibility index (Phi) is 16.1. The van der Waals surface area contributed by atoms with Gasteiger partial charge in [-0.1, -0.05) is 25.1 Å². The molecule has 1 atom stereocenters. The summed E-state index contributed by atoms with van der Waals surface area (Å²) in [5.41, 5.74) is 5.12. The van der Waals surface area contributed by atoms with Crippen LogP contribution in [0.25, 0.3) is 0 Å². The third-order valence-corrected chi connectivity index (χ3v) is 3.27. The Labute approximate surface area is 155 Å². The number of amides is 3. The molecule has 0 saturated carbocycles. The van der Waals surface area contributed by atoms with Gasteiger partial charge in [-0.3, -0.25) is 19.2 Å². The fourth-order valence-corrected chi connectivity index (χ4v) is 1.52. The summed E-state index contributed by atoms with van der Waals surface area (Å²) < 4.78 is 0. The Morgan fingerprint density at radius 3 is 2.12 bits per heavy atom. The number of rotatable bonds is 10. The molecule has 0 aromatic heterocycles. The van der Waals surface area contributed by atoms with Crippen molar-refractivity contribution in [2.45, 2.75) is 32.2 Å². The van der Waals surface area contributed by atoms with Gasteiger partial charge in [0.25, 0.3) is 0 Å². The van der Waals surface area contributed by atoms with E-state index in [4.69, 9.17) is 15.9 Å². The van der Waals surface area contributed by atoms with Crippen LogP contribution in [0.15, 0.2) is 0 Å². The van der Waals surface area contributed by atoms with E-state index in [1.54, 1.807) is 0 Å². The number of carbonyl (C=O) groups is 5. The van der Waals surface area contributed by atoms with E-state index >= 15 is 0 Å².